The van der Waals surface area contributed by atoms with Crippen LogP contribution in [0.15, 0.2) is 24.4 Å². The van der Waals surface area contributed by atoms with E-state index < -0.39 is 5.41 Å². The summed E-state index contributed by atoms with van der Waals surface area (Å²) in [5, 5.41) is 11.4. The van der Waals surface area contributed by atoms with Crippen molar-refractivity contribution in [3.8, 4) is 6.07 Å². The molecule has 0 radical (unpaired) electrons. The Labute approximate surface area is 88.9 Å². The van der Waals surface area contributed by atoms with Crippen molar-refractivity contribution in [1.82, 2.24) is 10.3 Å². The molecule has 1 amide bonds. The molecule has 0 saturated carbocycles. The van der Waals surface area contributed by atoms with E-state index in [-0.39, 0.29) is 5.91 Å². The lowest BCUT2D eigenvalue weighted by molar-refractivity contribution is 0.0939. The van der Waals surface area contributed by atoms with Crippen LogP contribution < -0.4 is 5.32 Å². The quantitative estimate of drug-likeness (QED) is 0.806. The smallest absolute Gasteiger partial charge is 0.269 e. The number of hydrogen-bond donors (Lipinski definition) is 1. The number of pyridine rings is 1. The van der Waals surface area contributed by atoms with Crippen LogP contribution in [0.1, 0.15) is 24.3 Å². The van der Waals surface area contributed by atoms with E-state index in [0.717, 1.165) is 0 Å². The zero-order valence-electron chi connectivity index (χ0n) is 8.82. The van der Waals surface area contributed by atoms with Crippen molar-refractivity contribution in [2.45, 2.75) is 13.8 Å². The molecule has 0 saturated heterocycles. The van der Waals surface area contributed by atoms with Gasteiger partial charge in [-0.25, -0.2) is 0 Å². The first-order valence-corrected chi connectivity index (χ1v) is 4.66. The van der Waals surface area contributed by atoms with Crippen LogP contribution in [0.4, 0.5) is 0 Å². The number of nitrogens with zero attached hydrogens (tertiary/aromatic N) is 2. The molecule has 0 bridgehead atoms. The second-order valence-corrected chi connectivity index (χ2v) is 3.89. The predicted molar refractivity (Wildman–Crippen MR) is 56.0 cm³/mol. The summed E-state index contributed by atoms with van der Waals surface area (Å²) in [5.41, 5.74) is -0.184. The van der Waals surface area contributed by atoms with E-state index in [2.05, 4.69) is 16.4 Å². The Balaban J connectivity index is 2.56. The summed E-state index contributed by atoms with van der Waals surface area (Å²) in [7, 11) is 0. The fraction of sp³-hybridized carbons (Fsp3) is 0.364. The molecule has 0 unspecified atom stereocenters. The molecule has 1 N–H and O–H groups in total. The van der Waals surface area contributed by atoms with E-state index in [9.17, 15) is 4.79 Å². The highest BCUT2D eigenvalue weighted by atomic mass is 16.1. The lowest BCUT2D eigenvalue weighted by atomic mass is 9.96. The monoisotopic (exact) mass is 203 g/mol. The molecule has 1 aromatic heterocycles. The lowest BCUT2D eigenvalue weighted by Gasteiger charge is -2.15. The number of hydrogen-bond acceptors (Lipinski definition) is 3. The van der Waals surface area contributed by atoms with Crippen LogP contribution in [0, 0.1) is 16.7 Å². The van der Waals surface area contributed by atoms with Gasteiger partial charge in [0.05, 0.1) is 11.5 Å². The zero-order chi connectivity index (χ0) is 11.3. The van der Waals surface area contributed by atoms with Crippen LogP contribution in [-0.4, -0.2) is 17.4 Å². The SMILES string of the molecule is CC(C)(C#N)CNC(=O)c1ccccn1. The summed E-state index contributed by atoms with van der Waals surface area (Å²) in [5.74, 6) is -0.251. The molecule has 0 fully saturated rings. The van der Waals surface area contributed by atoms with Gasteiger partial charge in [0.25, 0.3) is 5.91 Å². The number of aromatic nitrogens is 1. The first-order chi connectivity index (χ1) is 7.05. The third-order valence-corrected chi connectivity index (χ3v) is 1.89. The van der Waals surface area contributed by atoms with Crippen LogP contribution in [0.3, 0.4) is 0 Å². The van der Waals surface area contributed by atoms with Crippen molar-refractivity contribution >= 4 is 5.91 Å². The highest BCUT2D eigenvalue weighted by molar-refractivity contribution is 5.92. The van der Waals surface area contributed by atoms with Crippen LogP contribution >= 0.6 is 0 Å². The van der Waals surface area contributed by atoms with E-state index >= 15 is 0 Å². The first-order valence-electron chi connectivity index (χ1n) is 4.66. The van der Waals surface area contributed by atoms with Crippen LogP contribution in [-0.2, 0) is 0 Å². The highest BCUT2D eigenvalue weighted by Gasteiger charge is 2.18. The number of carbonyl (C=O) groups is 1. The molecule has 0 spiro atoms. The standard InChI is InChI=1S/C11H13N3O/c1-11(2,7-12)8-14-10(15)9-5-3-4-6-13-9/h3-6H,8H2,1-2H3,(H,14,15). The van der Waals surface area contributed by atoms with Gasteiger partial charge in [-0.15, -0.1) is 0 Å². The van der Waals surface area contributed by atoms with Gasteiger partial charge in [-0.1, -0.05) is 6.07 Å². The maximum atomic E-state index is 11.5. The summed E-state index contributed by atoms with van der Waals surface area (Å²) in [6.45, 7) is 3.86. The molecule has 0 aromatic carbocycles. The summed E-state index contributed by atoms with van der Waals surface area (Å²) < 4.78 is 0. The van der Waals surface area contributed by atoms with E-state index in [4.69, 9.17) is 5.26 Å². The second-order valence-electron chi connectivity index (χ2n) is 3.89. The molecular weight excluding hydrogens is 190 g/mol. The first kappa shape index (κ1) is 11.2. The summed E-state index contributed by atoms with van der Waals surface area (Å²) in [6.07, 6.45) is 1.56. The van der Waals surface area contributed by atoms with Gasteiger partial charge in [0.2, 0.25) is 0 Å². The summed E-state index contributed by atoms with van der Waals surface area (Å²) >= 11 is 0. The van der Waals surface area contributed by atoms with Gasteiger partial charge in [-0.05, 0) is 26.0 Å². The maximum Gasteiger partial charge on any atom is 0.269 e. The van der Waals surface area contributed by atoms with Gasteiger partial charge >= 0.3 is 0 Å². The van der Waals surface area contributed by atoms with Gasteiger partial charge < -0.3 is 5.32 Å². The average molecular weight is 203 g/mol. The van der Waals surface area contributed by atoms with Gasteiger partial charge in [0.15, 0.2) is 0 Å². The number of carbonyl (C=O) groups excluding carboxylic acids is 1. The molecule has 4 nitrogen and oxygen atoms in total. The molecule has 15 heavy (non-hydrogen) atoms. The Morgan fingerprint density at radius 2 is 2.33 bits per heavy atom. The number of nitrogens with one attached hydrogen (secondary N) is 1. The molecule has 0 aliphatic heterocycles. The van der Waals surface area contributed by atoms with E-state index in [0.29, 0.717) is 12.2 Å². The van der Waals surface area contributed by atoms with Crippen molar-refractivity contribution in [2.24, 2.45) is 5.41 Å². The Hall–Kier alpha value is -1.89. The maximum absolute atomic E-state index is 11.5. The van der Waals surface area contributed by atoms with Crippen LogP contribution in [0.2, 0.25) is 0 Å². The minimum Gasteiger partial charge on any atom is -0.349 e. The van der Waals surface area contributed by atoms with Gasteiger partial charge in [0, 0.05) is 12.7 Å². The number of rotatable bonds is 3. The Morgan fingerprint density at radius 1 is 1.60 bits per heavy atom. The minimum atomic E-state index is -0.551. The molecule has 1 aromatic rings. The van der Waals surface area contributed by atoms with Crippen LogP contribution in [0.25, 0.3) is 0 Å². The number of amides is 1. The fourth-order valence-electron chi connectivity index (χ4n) is 0.928. The Kier molecular flexibility index (Phi) is 3.40. The predicted octanol–water partition coefficient (Wildman–Crippen LogP) is 1.36. The van der Waals surface area contributed by atoms with Crippen LogP contribution in [0.5, 0.6) is 0 Å². The van der Waals surface area contributed by atoms with Crippen molar-refractivity contribution in [3.05, 3.63) is 30.1 Å². The minimum absolute atomic E-state index is 0.251. The molecule has 1 heterocycles. The molecule has 1 rings (SSSR count). The van der Waals surface area contributed by atoms with E-state index in [1.807, 2.05) is 0 Å². The Bertz CT molecular complexity index is 379. The second kappa shape index (κ2) is 4.56. The van der Waals surface area contributed by atoms with Crippen molar-refractivity contribution < 1.29 is 4.79 Å². The highest BCUT2D eigenvalue weighted by Crippen LogP contribution is 2.10. The number of nitriles is 1. The molecule has 0 aliphatic rings. The van der Waals surface area contributed by atoms with E-state index in [1.54, 1.807) is 38.2 Å². The van der Waals surface area contributed by atoms with Gasteiger partial charge in [-0.2, -0.15) is 5.26 Å². The fourth-order valence-corrected chi connectivity index (χ4v) is 0.928. The zero-order valence-corrected chi connectivity index (χ0v) is 8.82. The largest absolute Gasteiger partial charge is 0.349 e. The topological polar surface area (TPSA) is 65.8 Å². The summed E-state index contributed by atoms with van der Waals surface area (Å²) in [6, 6.07) is 7.24. The summed E-state index contributed by atoms with van der Waals surface area (Å²) in [4.78, 5) is 15.4. The normalized spacial score (nSPS) is 10.5. The lowest BCUT2D eigenvalue weighted by Crippen LogP contribution is -2.33. The van der Waals surface area contributed by atoms with E-state index in [1.165, 1.54) is 0 Å². The molecule has 78 valence electrons. The van der Waals surface area contributed by atoms with Gasteiger partial charge in [0.1, 0.15) is 5.69 Å². The third-order valence-electron chi connectivity index (χ3n) is 1.89. The third kappa shape index (κ3) is 3.39. The van der Waals surface area contributed by atoms with Gasteiger partial charge in [-0.3, -0.25) is 9.78 Å². The Morgan fingerprint density at radius 3 is 2.87 bits per heavy atom. The molecule has 0 aliphatic carbocycles. The average Bonchev–Trinajstić information content (AvgIpc) is 2.27. The van der Waals surface area contributed by atoms with Crippen molar-refractivity contribution in [1.29, 1.82) is 5.26 Å². The molecular formula is C11H13N3O. The molecule has 4 heteroatoms. The van der Waals surface area contributed by atoms with Crippen molar-refractivity contribution in [3.63, 3.8) is 0 Å². The molecule has 0 atom stereocenters. The van der Waals surface area contributed by atoms with Crippen molar-refractivity contribution in [2.75, 3.05) is 6.54 Å².